The minimum Gasteiger partial charge on any atom is -0.479 e. The third-order valence-electron chi connectivity index (χ3n) is 4.32. The van der Waals surface area contributed by atoms with E-state index in [0.717, 1.165) is 19.3 Å². The molecule has 0 bridgehead atoms. The van der Waals surface area contributed by atoms with Gasteiger partial charge in [-0.1, -0.05) is 90.4 Å². The Morgan fingerprint density at radius 3 is 1.57 bits per heavy atom. The number of hydrogen-bond donors (Lipinski definition) is 1. The van der Waals surface area contributed by atoms with Gasteiger partial charge in [-0.05, 0) is 12.8 Å². The van der Waals surface area contributed by atoms with Crippen LogP contribution >= 0.6 is 0 Å². The summed E-state index contributed by atoms with van der Waals surface area (Å²) in [5, 5.41) is 8.82. The molecule has 0 saturated carbocycles. The topological polar surface area (TPSA) is 63.6 Å². The van der Waals surface area contributed by atoms with E-state index in [1.807, 2.05) is 0 Å². The Labute approximate surface area is 142 Å². The van der Waals surface area contributed by atoms with E-state index < -0.39 is 12.1 Å². The summed E-state index contributed by atoms with van der Waals surface area (Å²) in [5.41, 5.74) is 0. The van der Waals surface area contributed by atoms with E-state index in [0.29, 0.717) is 6.42 Å². The van der Waals surface area contributed by atoms with Crippen molar-refractivity contribution in [2.24, 2.45) is 0 Å². The van der Waals surface area contributed by atoms with Gasteiger partial charge in [-0.2, -0.15) is 0 Å². The fourth-order valence-corrected chi connectivity index (χ4v) is 2.84. The molecule has 0 amide bonds. The van der Waals surface area contributed by atoms with Crippen LogP contribution in [0.3, 0.4) is 0 Å². The number of carboxylic acid groups (broad SMARTS) is 1. The number of aliphatic carboxylic acids is 1. The maximum Gasteiger partial charge on any atom is 0.345 e. The molecule has 23 heavy (non-hydrogen) atoms. The zero-order chi connectivity index (χ0) is 17.2. The highest BCUT2D eigenvalue weighted by Gasteiger charge is 2.17. The van der Waals surface area contributed by atoms with Gasteiger partial charge in [0.2, 0.25) is 0 Å². The maximum absolute atomic E-state index is 10.8. The van der Waals surface area contributed by atoms with E-state index in [2.05, 4.69) is 11.7 Å². The van der Waals surface area contributed by atoms with Gasteiger partial charge in [0.25, 0.3) is 6.47 Å². The molecule has 0 aliphatic heterocycles. The van der Waals surface area contributed by atoms with Crippen molar-refractivity contribution >= 4 is 12.4 Å². The van der Waals surface area contributed by atoms with Crippen molar-refractivity contribution in [2.75, 3.05) is 0 Å². The molecular weight excluding hydrogens is 292 g/mol. The zero-order valence-electron chi connectivity index (χ0n) is 14.9. The van der Waals surface area contributed by atoms with E-state index in [-0.39, 0.29) is 6.47 Å². The maximum atomic E-state index is 10.8. The summed E-state index contributed by atoms with van der Waals surface area (Å²) in [6.07, 6.45) is 17.3. The second-order valence-electron chi connectivity index (χ2n) is 6.44. The number of unbranched alkanes of at least 4 members (excludes halogenated alkanes) is 13. The molecule has 4 heteroatoms. The number of carbonyl (C=O) groups is 2. The quantitative estimate of drug-likeness (QED) is 0.267. The Bertz CT molecular complexity index is 279. The molecule has 136 valence electrons. The lowest BCUT2D eigenvalue weighted by molar-refractivity contribution is -0.156. The van der Waals surface area contributed by atoms with Gasteiger partial charge in [0.15, 0.2) is 6.10 Å². The molecule has 0 saturated heterocycles. The van der Waals surface area contributed by atoms with Gasteiger partial charge < -0.3 is 9.84 Å². The van der Waals surface area contributed by atoms with Gasteiger partial charge in [-0.15, -0.1) is 0 Å². The van der Waals surface area contributed by atoms with Crippen LogP contribution in [-0.4, -0.2) is 23.7 Å². The first-order chi connectivity index (χ1) is 11.2. The number of ether oxygens (including phenoxy) is 1. The lowest BCUT2D eigenvalue weighted by atomic mass is 10.0. The summed E-state index contributed by atoms with van der Waals surface area (Å²) in [4.78, 5) is 21.0. The molecule has 1 N–H and O–H groups in total. The number of carboxylic acids is 1. The number of carbonyl (C=O) groups excluding carboxylic acids is 1. The van der Waals surface area contributed by atoms with Gasteiger partial charge >= 0.3 is 5.97 Å². The summed E-state index contributed by atoms with van der Waals surface area (Å²) >= 11 is 0. The van der Waals surface area contributed by atoms with E-state index >= 15 is 0 Å². The van der Waals surface area contributed by atoms with E-state index in [9.17, 15) is 9.59 Å². The van der Waals surface area contributed by atoms with Gasteiger partial charge in [0.05, 0.1) is 0 Å². The van der Waals surface area contributed by atoms with Gasteiger partial charge in [0.1, 0.15) is 0 Å². The second-order valence-corrected chi connectivity index (χ2v) is 6.44. The van der Waals surface area contributed by atoms with E-state index in [4.69, 9.17) is 5.11 Å². The fraction of sp³-hybridized carbons (Fsp3) is 0.895. The van der Waals surface area contributed by atoms with Crippen LogP contribution in [0.15, 0.2) is 0 Å². The van der Waals surface area contributed by atoms with Crippen LogP contribution in [0.1, 0.15) is 103 Å². The summed E-state index contributed by atoms with van der Waals surface area (Å²) < 4.78 is 4.54. The molecule has 0 aromatic heterocycles. The van der Waals surface area contributed by atoms with E-state index in [1.165, 1.54) is 70.6 Å². The van der Waals surface area contributed by atoms with Crippen LogP contribution in [0.25, 0.3) is 0 Å². The molecule has 0 spiro atoms. The molecular formula is C19H36O4. The summed E-state index contributed by atoms with van der Waals surface area (Å²) in [6, 6.07) is 0. The molecule has 0 aliphatic rings. The predicted octanol–water partition coefficient (Wildman–Crippen LogP) is 5.48. The average molecular weight is 328 g/mol. The predicted molar refractivity (Wildman–Crippen MR) is 93.5 cm³/mol. The minimum atomic E-state index is -1.05. The highest BCUT2D eigenvalue weighted by Crippen LogP contribution is 2.14. The molecule has 4 nitrogen and oxygen atoms in total. The van der Waals surface area contributed by atoms with Crippen molar-refractivity contribution in [1.82, 2.24) is 0 Å². The largest absolute Gasteiger partial charge is 0.479 e. The number of rotatable bonds is 18. The smallest absolute Gasteiger partial charge is 0.345 e. The fourth-order valence-electron chi connectivity index (χ4n) is 2.84. The van der Waals surface area contributed by atoms with Crippen LogP contribution in [0.2, 0.25) is 0 Å². The van der Waals surface area contributed by atoms with Crippen LogP contribution in [0.4, 0.5) is 0 Å². The Balaban J connectivity index is 3.21. The summed E-state index contributed by atoms with van der Waals surface area (Å²) in [7, 11) is 0. The lowest BCUT2D eigenvalue weighted by Gasteiger charge is -2.09. The molecule has 0 aromatic carbocycles. The molecule has 0 aliphatic carbocycles. The van der Waals surface area contributed by atoms with Gasteiger partial charge in [-0.3, -0.25) is 4.79 Å². The lowest BCUT2D eigenvalue weighted by Crippen LogP contribution is -2.23. The molecule has 0 heterocycles. The average Bonchev–Trinajstić information content (AvgIpc) is 2.54. The van der Waals surface area contributed by atoms with Crippen LogP contribution in [-0.2, 0) is 14.3 Å². The third-order valence-corrected chi connectivity index (χ3v) is 4.32. The van der Waals surface area contributed by atoms with Gasteiger partial charge in [-0.25, -0.2) is 4.79 Å². The Hall–Kier alpha value is -1.06. The van der Waals surface area contributed by atoms with Crippen LogP contribution in [0, 0.1) is 0 Å². The zero-order valence-corrected chi connectivity index (χ0v) is 14.9. The first-order valence-electron chi connectivity index (χ1n) is 9.54. The van der Waals surface area contributed by atoms with Crippen molar-refractivity contribution in [3.8, 4) is 0 Å². The van der Waals surface area contributed by atoms with Gasteiger partial charge in [0, 0.05) is 0 Å². The minimum absolute atomic E-state index is 0.225. The van der Waals surface area contributed by atoms with Crippen molar-refractivity contribution in [1.29, 1.82) is 0 Å². The molecule has 0 rings (SSSR count). The Morgan fingerprint density at radius 2 is 1.22 bits per heavy atom. The highest BCUT2D eigenvalue weighted by molar-refractivity contribution is 5.73. The standard InChI is InChI=1S/C19H36O4/c1-2-3-4-5-6-7-8-9-10-11-12-13-14-15-16-18(19(21)22)23-17-20/h17-18H,2-16H2,1H3,(H,21,22). The summed E-state index contributed by atoms with van der Waals surface area (Å²) in [5.74, 6) is -1.05. The summed E-state index contributed by atoms with van der Waals surface area (Å²) in [6.45, 7) is 2.48. The van der Waals surface area contributed by atoms with Crippen molar-refractivity contribution in [2.45, 2.75) is 109 Å². The normalized spacial score (nSPS) is 12.0. The molecule has 0 aromatic rings. The SMILES string of the molecule is CCCCCCCCCCCCCCCCC(OC=O)C(=O)O. The van der Waals surface area contributed by atoms with Crippen LogP contribution < -0.4 is 0 Å². The van der Waals surface area contributed by atoms with Crippen molar-refractivity contribution < 1.29 is 19.4 Å². The van der Waals surface area contributed by atoms with Crippen LogP contribution in [0.5, 0.6) is 0 Å². The molecule has 1 atom stereocenters. The molecule has 0 fully saturated rings. The number of hydrogen-bond acceptors (Lipinski definition) is 3. The van der Waals surface area contributed by atoms with E-state index in [1.54, 1.807) is 0 Å². The Kier molecular flexibility index (Phi) is 16.5. The second kappa shape index (κ2) is 17.3. The molecule has 0 radical (unpaired) electrons. The first kappa shape index (κ1) is 21.9. The monoisotopic (exact) mass is 328 g/mol. The van der Waals surface area contributed by atoms with Crippen molar-refractivity contribution in [3.63, 3.8) is 0 Å². The Morgan fingerprint density at radius 1 is 0.826 bits per heavy atom. The van der Waals surface area contributed by atoms with Crippen molar-refractivity contribution in [3.05, 3.63) is 0 Å². The highest BCUT2D eigenvalue weighted by atomic mass is 16.5. The molecule has 1 unspecified atom stereocenters. The third kappa shape index (κ3) is 15.6. The first-order valence-corrected chi connectivity index (χ1v) is 9.54.